The van der Waals surface area contributed by atoms with Gasteiger partial charge in [0.25, 0.3) is 11.9 Å². The summed E-state index contributed by atoms with van der Waals surface area (Å²) in [5, 5.41) is 0. The van der Waals surface area contributed by atoms with Gasteiger partial charge in [0.15, 0.2) is 36.4 Å². The fourth-order valence-electron chi connectivity index (χ4n) is 10.5. The number of rotatable bonds is 19. The van der Waals surface area contributed by atoms with Gasteiger partial charge in [0.1, 0.15) is 0 Å². The van der Waals surface area contributed by atoms with E-state index in [9.17, 15) is 28.8 Å². The second-order valence-electron chi connectivity index (χ2n) is 16.5. The maximum absolute atomic E-state index is 15.7. The van der Waals surface area contributed by atoms with Crippen LogP contribution >= 0.6 is 0 Å². The average molecular weight is 955 g/mol. The Balaban J connectivity index is 0.00000992. The van der Waals surface area contributed by atoms with E-state index < -0.39 is 106 Å². The minimum absolute atomic E-state index is 0. The summed E-state index contributed by atoms with van der Waals surface area (Å²) < 4.78 is 44.2. The van der Waals surface area contributed by atoms with Gasteiger partial charge in [-0.15, -0.1) is 10.8 Å². The van der Waals surface area contributed by atoms with Crippen LogP contribution in [-0.2, 0) is 96.7 Å². The Hall–Kier alpha value is -3.84. The molecule has 0 aromatic carbocycles. The molecule has 17 heteroatoms. The molecule has 0 N–H and O–H groups in total. The van der Waals surface area contributed by atoms with Crippen LogP contribution in [-0.4, -0.2) is 98.6 Å². The number of carbonyl (C=O) groups is 8. The van der Waals surface area contributed by atoms with Crippen molar-refractivity contribution in [1.82, 2.24) is 0 Å². The van der Waals surface area contributed by atoms with E-state index in [1.807, 2.05) is 0 Å². The van der Waals surface area contributed by atoms with Crippen LogP contribution in [0.5, 0.6) is 0 Å². The SMILES string of the molecule is CCOC(=O)[C@H](C)OC(=O)[C-]1[C@@](C(=O)O[C@@H](C)C(=O)OCC)([C@]2(C(=O)O[C@@H](C)C(=O)OCC)[C-](C(=O)O[C@@H](C)C(=O)OCC)[C@@]2(C)C2CCCCC2)[C@]1(C)C1CCCCC1.[Pd+2]. The van der Waals surface area contributed by atoms with Crippen LogP contribution in [0.15, 0.2) is 0 Å². The van der Waals surface area contributed by atoms with Crippen molar-refractivity contribution in [2.75, 3.05) is 26.4 Å². The predicted molar refractivity (Wildman–Crippen MR) is 209 cm³/mol. The number of esters is 8. The van der Waals surface area contributed by atoms with Gasteiger partial charge in [0, 0.05) is 0 Å². The topological polar surface area (TPSA) is 210 Å². The number of hydrogen-bond acceptors (Lipinski definition) is 16. The molecule has 0 heterocycles. The molecule has 0 amide bonds. The standard InChI is InChI=1S/C44H64O16.Pd/c1-11-53-33(45)25(5)57-37(49)31-41(9,29-21-17-15-18-22-29)43(31,39(51)59-27(7)35(47)55-13-3)44(40(52)60-28(8)36(48)56-14-4)32(38(50)58-26(6)34(46)54-12-2)42(44,10)30-23-19-16-20-24-30;/h25-30H,11-24H2,1-10H3;/q-2;+2/t25-,26-,27-,28-,41+,42+,43-,44-;/m0./s1. The molecule has 8 atom stereocenters. The van der Waals surface area contributed by atoms with E-state index in [1.165, 1.54) is 27.7 Å². The summed E-state index contributed by atoms with van der Waals surface area (Å²) in [7, 11) is 0. The number of hydrogen-bond donors (Lipinski definition) is 0. The molecule has 4 aliphatic rings. The molecule has 16 nitrogen and oxygen atoms in total. The molecular weight excluding hydrogens is 891 g/mol. The predicted octanol–water partition coefficient (Wildman–Crippen LogP) is 5.29. The third-order valence-corrected chi connectivity index (χ3v) is 13.3. The van der Waals surface area contributed by atoms with Gasteiger partial charge in [-0.25, -0.2) is 19.2 Å². The first-order valence-electron chi connectivity index (χ1n) is 21.6. The summed E-state index contributed by atoms with van der Waals surface area (Å²) >= 11 is 0. The fraction of sp³-hybridized carbons (Fsp3) is 0.773. The van der Waals surface area contributed by atoms with Gasteiger partial charge < -0.3 is 37.9 Å². The van der Waals surface area contributed by atoms with Crippen molar-refractivity contribution >= 4 is 47.8 Å². The van der Waals surface area contributed by atoms with Crippen LogP contribution in [0.2, 0.25) is 0 Å². The second kappa shape index (κ2) is 21.0. The summed E-state index contributed by atoms with van der Waals surface area (Å²) in [6, 6.07) is 0. The Labute approximate surface area is 372 Å². The Morgan fingerprint density at radius 2 is 0.705 bits per heavy atom. The van der Waals surface area contributed by atoms with Crippen LogP contribution < -0.4 is 0 Å². The summed E-state index contributed by atoms with van der Waals surface area (Å²) in [4.78, 5) is 113. The van der Waals surface area contributed by atoms with Gasteiger partial charge in [-0.3, -0.25) is 31.0 Å². The molecule has 4 aliphatic carbocycles. The molecule has 0 bridgehead atoms. The third-order valence-electron chi connectivity index (χ3n) is 13.3. The molecule has 4 rings (SSSR count). The zero-order chi connectivity index (χ0) is 44.8. The molecular formula is C44H64O16Pd. The summed E-state index contributed by atoms with van der Waals surface area (Å²) in [6.45, 7) is 14.6. The van der Waals surface area contributed by atoms with Crippen LogP contribution in [0.3, 0.4) is 0 Å². The third kappa shape index (κ3) is 9.02. The van der Waals surface area contributed by atoms with E-state index >= 15 is 9.59 Å². The molecule has 0 aromatic heterocycles. The molecule has 0 saturated heterocycles. The first-order chi connectivity index (χ1) is 28.3. The van der Waals surface area contributed by atoms with E-state index in [0.717, 1.165) is 12.8 Å². The first kappa shape index (κ1) is 51.5. The second-order valence-corrected chi connectivity index (χ2v) is 16.5. The quantitative estimate of drug-likeness (QED) is 0.0697. The molecule has 0 radical (unpaired) electrons. The minimum atomic E-state index is -2.45. The smallest absolute Gasteiger partial charge is 0.473 e. The number of carbonyl (C=O) groups excluding carboxylic acids is 8. The zero-order valence-electron chi connectivity index (χ0n) is 37.2. The van der Waals surface area contributed by atoms with Crippen LogP contribution in [0.4, 0.5) is 0 Å². The maximum Gasteiger partial charge on any atom is 2.00 e. The van der Waals surface area contributed by atoms with E-state index in [0.29, 0.717) is 51.4 Å². The molecule has 61 heavy (non-hydrogen) atoms. The molecule has 0 unspecified atom stereocenters. The van der Waals surface area contributed by atoms with E-state index in [2.05, 4.69) is 0 Å². The van der Waals surface area contributed by atoms with E-state index in [4.69, 9.17) is 37.9 Å². The van der Waals surface area contributed by atoms with Crippen molar-refractivity contribution in [3.05, 3.63) is 11.8 Å². The Kier molecular flexibility index (Phi) is 17.8. The largest absolute Gasteiger partial charge is 2.00 e. The molecule has 0 spiro atoms. The first-order valence-corrected chi connectivity index (χ1v) is 21.6. The molecule has 0 aromatic rings. The van der Waals surface area contributed by atoms with Crippen molar-refractivity contribution in [3.8, 4) is 0 Å². The normalized spacial score (nSPS) is 28.0. The van der Waals surface area contributed by atoms with Crippen molar-refractivity contribution < 1.29 is 96.7 Å². The van der Waals surface area contributed by atoms with E-state index in [-0.39, 0.29) is 58.7 Å². The minimum Gasteiger partial charge on any atom is -0.473 e. The van der Waals surface area contributed by atoms with Gasteiger partial charge in [0.2, 0.25) is 0 Å². The fourth-order valence-corrected chi connectivity index (χ4v) is 10.5. The van der Waals surface area contributed by atoms with Gasteiger partial charge in [-0.05, 0) is 55.4 Å². The molecule has 346 valence electrons. The molecule has 0 aliphatic heterocycles. The molecule has 4 fully saturated rings. The van der Waals surface area contributed by atoms with Gasteiger partial charge in [-0.2, -0.15) is 0 Å². The Morgan fingerprint density at radius 3 is 0.951 bits per heavy atom. The van der Waals surface area contributed by atoms with Gasteiger partial charge in [0.05, 0.1) is 26.4 Å². The summed E-state index contributed by atoms with van der Waals surface area (Å²) in [5.74, 6) is -9.76. The summed E-state index contributed by atoms with van der Waals surface area (Å²) in [5.41, 5.74) is -8.18. The van der Waals surface area contributed by atoms with Crippen molar-refractivity contribution in [1.29, 1.82) is 0 Å². The van der Waals surface area contributed by atoms with Crippen molar-refractivity contribution in [3.63, 3.8) is 0 Å². The van der Waals surface area contributed by atoms with Crippen molar-refractivity contribution in [2.24, 2.45) is 33.5 Å². The monoisotopic (exact) mass is 954 g/mol. The van der Waals surface area contributed by atoms with Gasteiger partial charge in [-0.1, -0.05) is 101 Å². The maximum atomic E-state index is 15.7. The summed E-state index contributed by atoms with van der Waals surface area (Å²) in [6.07, 6.45) is 0.327. The van der Waals surface area contributed by atoms with Crippen LogP contribution in [0.1, 0.15) is 133 Å². The van der Waals surface area contributed by atoms with Crippen molar-refractivity contribution in [2.45, 2.75) is 158 Å². The van der Waals surface area contributed by atoms with Crippen LogP contribution in [0.25, 0.3) is 0 Å². The zero-order valence-corrected chi connectivity index (χ0v) is 38.8. The Bertz CT molecular complexity index is 1520. The average Bonchev–Trinajstić information content (AvgIpc) is 4.03. The van der Waals surface area contributed by atoms with Crippen LogP contribution in [0, 0.1) is 45.3 Å². The Morgan fingerprint density at radius 1 is 0.459 bits per heavy atom. The number of ether oxygens (including phenoxy) is 8. The van der Waals surface area contributed by atoms with Gasteiger partial charge >= 0.3 is 44.3 Å². The molecule has 4 saturated carbocycles. The van der Waals surface area contributed by atoms with E-state index in [1.54, 1.807) is 41.5 Å².